The molecule has 0 saturated carbocycles. The molecular weight excluding hydrogens is 290 g/mol. The first-order valence-electron chi connectivity index (χ1n) is 7.21. The average Bonchev–Trinajstić information content (AvgIpc) is 2.52. The molecule has 2 aromatic carbocycles. The lowest BCUT2D eigenvalue weighted by molar-refractivity contribution is 0.0697. The predicted octanol–water partition coefficient (Wildman–Crippen LogP) is 3.62. The standard InChI is InChI=1S/C19H19NO3/c1-13-4-6-14(7-5-13)15-10-16(12-17(11-15)19(22)23)18(21)8-9-20(2)3/h4-12H,1-3H3,(H,22,23). The Hall–Kier alpha value is -2.88. The molecule has 4 heteroatoms. The Kier molecular flexibility index (Phi) is 4.96. The van der Waals surface area contributed by atoms with Crippen LogP contribution in [0.3, 0.4) is 0 Å². The van der Waals surface area contributed by atoms with Gasteiger partial charge in [-0.3, -0.25) is 4.79 Å². The van der Waals surface area contributed by atoms with Gasteiger partial charge in [-0.25, -0.2) is 4.79 Å². The highest BCUT2D eigenvalue weighted by molar-refractivity contribution is 6.06. The average molecular weight is 309 g/mol. The van der Waals surface area contributed by atoms with E-state index in [2.05, 4.69) is 0 Å². The summed E-state index contributed by atoms with van der Waals surface area (Å²) >= 11 is 0. The Balaban J connectivity index is 2.49. The summed E-state index contributed by atoms with van der Waals surface area (Å²) in [4.78, 5) is 25.3. The van der Waals surface area contributed by atoms with Gasteiger partial charge in [-0.2, -0.15) is 0 Å². The number of aromatic carboxylic acids is 1. The second kappa shape index (κ2) is 6.92. The molecule has 118 valence electrons. The summed E-state index contributed by atoms with van der Waals surface area (Å²) < 4.78 is 0. The Morgan fingerprint density at radius 3 is 2.13 bits per heavy atom. The molecule has 2 rings (SSSR count). The van der Waals surface area contributed by atoms with Crippen molar-refractivity contribution in [2.24, 2.45) is 0 Å². The number of aryl methyl sites for hydroxylation is 1. The minimum absolute atomic E-state index is 0.102. The van der Waals surface area contributed by atoms with Crippen LogP contribution in [0, 0.1) is 6.92 Å². The van der Waals surface area contributed by atoms with E-state index >= 15 is 0 Å². The molecule has 0 aliphatic rings. The van der Waals surface area contributed by atoms with E-state index in [4.69, 9.17) is 0 Å². The maximum atomic E-state index is 12.3. The number of rotatable bonds is 5. The van der Waals surface area contributed by atoms with Gasteiger partial charge in [0.15, 0.2) is 5.78 Å². The zero-order valence-corrected chi connectivity index (χ0v) is 13.4. The van der Waals surface area contributed by atoms with E-state index in [1.54, 1.807) is 23.2 Å². The zero-order chi connectivity index (χ0) is 17.0. The number of benzene rings is 2. The first-order valence-corrected chi connectivity index (χ1v) is 7.21. The van der Waals surface area contributed by atoms with Gasteiger partial charge >= 0.3 is 5.97 Å². The van der Waals surface area contributed by atoms with Crippen LogP contribution in [0.2, 0.25) is 0 Å². The first-order chi connectivity index (χ1) is 10.9. The van der Waals surface area contributed by atoms with E-state index in [1.807, 2.05) is 45.3 Å². The van der Waals surface area contributed by atoms with Crippen LogP contribution in [0.25, 0.3) is 11.1 Å². The maximum Gasteiger partial charge on any atom is 0.335 e. The molecule has 2 aromatic rings. The minimum Gasteiger partial charge on any atom is -0.478 e. The molecule has 1 N–H and O–H groups in total. The molecule has 0 spiro atoms. The van der Waals surface area contributed by atoms with Crippen molar-refractivity contribution in [3.63, 3.8) is 0 Å². The number of carboxylic acids is 1. The van der Waals surface area contributed by atoms with E-state index < -0.39 is 5.97 Å². The van der Waals surface area contributed by atoms with Gasteiger partial charge in [0.2, 0.25) is 0 Å². The molecule has 0 radical (unpaired) electrons. The monoisotopic (exact) mass is 309 g/mol. The van der Waals surface area contributed by atoms with Gasteiger partial charge in [0.05, 0.1) is 5.56 Å². The fourth-order valence-electron chi connectivity index (χ4n) is 2.12. The highest BCUT2D eigenvalue weighted by atomic mass is 16.4. The Labute approximate surface area is 135 Å². The lowest BCUT2D eigenvalue weighted by Gasteiger charge is -2.08. The Morgan fingerprint density at radius 2 is 1.57 bits per heavy atom. The third-order valence-corrected chi connectivity index (χ3v) is 3.37. The van der Waals surface area contributed by atoms with Gasteiger partial charge in [0, 0.05) is 31.9 Å². The molecule has 0 atom stereocenters. The van der Waals surface area contributed by atoms with Crippen LogP contribution in [0.4, 0.5) is 0 Å². The largest absolute Gasteiger partial charge is 0.478 e. The SMILES string of the molecule is Cc1ccc(-c2cc(C(=O)O)cc(C(=O)C=CN(C)C)c2)cc1. The number of carbonyl (C=O) groups excluding carboxylic acids is 1. The molecule has 0 aromatic heterocycles. The summed E-state index contributed by atoms with van der Waals surface area (Å²) in [6.45, 7) is 1.98. The van der Waals surface area contributed by atoms with E-state index in [9.17, 15) is 14.7 Å². The zero-order valence-electron chi connectivity index (χ0n) is 13.4. The number of hydrogen-bond donors (Lipinski definition) is 1. The molecule has 0 aliphatic heterocycles. The molecular formula is C19H19NO3. The predicted molar refractivity (Wildman–Crippen MR) is 90.7 cm³/mol. The van der Waals surface area contributed by atoms with Crippen molar-refractivity contribution in [1.82, 2.24) is 4.90 Å². The normalized spacial score (nSPS) is 10.7. The summed E-state index contributed by atoms with van der Waals surface area (Å²) in [5.41, 5.74) is 3.17. The minimum atomic E-state index is -1.05. The van der Waals surface area contributed by atoms with Gasteiger partial charge < -0.3 is 10.0 Å². The molecule has 0 saturated heterocycles. The van der Waals surface area contributed by atoms with Gasteiger partial charge in [0.1, 0.15) is 0 Å². The quantitative estimate of drug-likeness (QED) is 0.677. The fraction of sp³-hybridized carbons (Fsp3) is 0.158. The fourth-order valence-corrected chi connectivity index (χ4v) is 2.12. The smallest absolute Gasteiger partial charge is 0.335 e. The van der Waals surface area contributed by atoms with Crippen LogP contribution in [0.5, 0.6) is 0 Å². The van der Waals surface area contributed by atoms with Crippen LogP contribution in [0.15, 0.2) is 54.7 Å². The summed E-state index contributed by atoms with van der Waals surface area (Å²) in [6, 6.07) is 12.5. The first kappa shape index (κ1) is 16.5. The highest BCUT2D eigenvalue weighted by Crippen LogP contribution is 2.23. The molecule has 0 heterocycles. The van der Waals surface area contributed by atoms with Gasteiger partial charge in [-0.1, -0.05) is 29.8 Å². The van der Waals surface area contributed by atoms with E-state index in [0.29, 0.717) is 11.1 Å². The topological polar surface area (TPSA) is 57.6 Å². The van der Waals surface area contributed by atoms with Crippen molar-refractivity contribution < 1.29 is 14.7 Å². The van der Waals surface area contributed by atoms with Crippen LogP contribution >= 0.6 is 0 Å². The number of carboxylic acid groups (broad SMARTS) is 1. The molecule has 23 heavy (non-hydrogen) atoms. The molecule has 0 bridgehead atoms. The number of hydrogen-bond acceptors (Lipinski definition) is 3. The van der Waals surface area contributed by atoms with Crippen molar-refractivity contribution in [2.75, 3.05) is 14.1 Å². The second-order valence-electron chi connectivity index (χ2n) is 5.61. The van der Waals surface area contributed by atoms with Crippen LogP contribution < -0.4 is 0 Å². The van der Waals surface area contributed by atoms with Gasteiger partial charge in [-0.05, 0) is 36.2 Å². The van der Waals surface area contributed by atoms with Crippen LogP contribution in [-0.2, 0) is 0 Å². The second-order valence-corrected chi connectivity index (χ2v) is 5.61. The third-order valence-electron chi connectivity index (χ3n) is 3.37. The number of carbonyl (C=O) groups is 2. The van der Waals surface area contributed by atoms with Crippen molar-refractivity contribution in [3.8, 4) is 11.1 Å². The summed E-state index contributed by atoms with van der Waals surface area (Å²) in [6.07, 6.45) is 3.07. The van der Waals surface area contributed by atoms with E-state index in [1.165, 1.54) is 12.1 Å². The highest BCUT2D eigenvalue weighted by Gasteiger charge is 2.12. The molecule has 0 amide bonds. The van der Waals surface area contributed by atoms with Crippen molar-refractivity contribution in [3.05, 3.63) is 71.4 Å². The van der Waals surface area contributed by atoms with Gasteiger partial charge in [-0.15, -0.1) is 0 Å². The summed E-state index contributed by atoms with van der Waals surface area (Å²) in [7, 11) is 3.63. The van der Waals surface area contributed by atoms with Crippen molar-refractivity contribution in [2.45, 2.75) is 6.92 Å². The van der Waals surface area contributed by atoms with Crippen molar-refractivity contribution >= 4 is 11.8 Å². The number of ketones is 1. The molecule has 0 fully saturated rings. The van der Waals surface area contributed by atoms with E-state index in [-0.39, 0.29) is 11.3 Å². The number of nitrogens with zero attached hydrogens (tertiary/aromatic N) is 1. The van der Waals surface area contributed by atoms with E-state index in [0.717, 1.165) is 11.1 Å². The van der Waals surface area contributed by atoms with Crippen LogP contribution in [-0.4, -0.2) is 35.9 Å². The van der Waals surface area contributed by atoms with Crippen molar-refractivity contribution in [1.29, 1.82) is 0 Å². The molecule has 4 nitrogen and oxygen atoms in total. The molecule has 0 aliphatic carbocycles. The van der Waals surface area contributed by atoms with Crippen LogP contribution in [0.1, 0.15) is 26.3 Å². The number of allylic oxidation sites excluding steroid dienone is 1. The Morgan fingerprint density at radius 1 is 0.957 bits per heavy atom. The van der Waals surface area contributed by atoms with Gasteiger partial charge in [0.25, 0.3) is 0 Å². The lowest BCUT2D eigenvalue weighted by atomic mass is 9.97. The maximum absolute atomic E-state index is 12.3. The third kappa shape index (κ3) is 4.30. The summed E-state index contributed by atoms with van der Waals surface area (Å²) in [5, 5.41) is 9.29. The lowest BCUT2D eigenvalue weighted by Crippen LogP contribution is -2.05. The molecule has 0 unspecified atom stereocenters. The Bertz CT molecular complexity index is 759. The summed E-state index contributed by atoms with van der Waals surface area (Å²) in [5.74, 6) is -1.28.